The van der Waals surface area contributed by atoms with E-state index in [-0.39, 0.29) is 11.9 Å². The summed E-state index contributed by atoms with van der Waals surface area (Å²) < 4.78 is 14.7. The molecule has 2 aromatic rings. The van der Waals surface area contributed by atoms with E-state index in [1.165, 1.54) is 12.1 Å². The zero-order valence-corrected chi connectivity index (χ0v) is 13.0. The molecule has 0 aliphatic carbocycles. The van der Waals surface area contributed by atoms with Gasteiger partial charge in [0.1, 0.15) is 11.0 Å². The highest BCUT2D eigenvalue weighted by Gasteiger charge is 2.15. The monoisotopic (exact) mass is 313 g/mol. The lowest BCUT2D eigenvalue weighted by molar-refractivity contribution is 0.624. The van der Waals surface area contributed by atoms with Crippen LogP contribution in [0.15, 0.2) is 29.2 Å². The van der Waals surface area contributed by atoms with Gasteiger partial charge in [0.2, 0.25) is 0 Å². The fraction of sp³-hybridized carbons (Fsp3) is 0.357. The van der Waals surface area contributed by atoms with E-state index in [9.17, 15) is 4.39 Å². The minimum absolute atomic E-state index is 0.0522. The van der Waals surface area contributed by atoms with Gasteiger partial charge >= 0.3 is 0 Å². The van der Waals surface area contributed by atoms with E-state index in [1.54, 1.807) is 22.5 Å². The van der Waals surface area contributed by atoms with Crippen LogP contribution in [0.4, 0.5) is 4.39 Å². The Kier molecular flexibility index (Phi) is 5.07. The van der Waals surface area contributed by atoms with Gasteiger partial charge in [-0.25, -0.2) is 4.39 Å². The largest absolute Gasteiger partial charge is 0.327 e. The Bertz CT molecular complexity index is 600. The third-order valence-electron chi connectivity index (χ3n) is 3.00. The lowest BCUT2D eigenvalue weighted by atomic mass is 10.1. The predicted molar refractivity (Wildman–Crippen MR) is 81.8 cm³/mol. The van der Waals surface area contributed by atoms with Crippen LogP contribution < -0.4 is 5.73 Å². The molecular formula is C14H17ClFN3S. The summed E-state index contributed by atoms with van der Waals surface area (Å²) >= 11 is 7.73. The number of aryl methyl sites for hydroxylation is 2. The third-order valence-corrected chi connectivity index (χ3v) is 4.65. The van der Waals surface area contributed by atoms with Crippen molar-refractivity contribution in [3.05, 3.63) is 46.5 Å². The summed E-state index contributed by atoms with van der Waals surface area (Å²) in [5, 5.41) is 4.90. The molecular weight excluding hydrogens is 297 g/mol. The van der Waals surface area contributed by atoms with Crippen LogP contribution in [0.1, 0.15) is 11.3 Å². The maximum atomic E-state index is 13.1. The molecule has 6 heteroatoms. The zero-order valence-electron chi connectivity index (χ0n) is 11.4. The summed E-state index contributed by atoms with van der Waals surface area (Å²) in [7, 11) is 1.81. The summed E-state index contributed by atoms with van der Waals surface area (Å²) in [6.45, 7) is 1.92. The van der Waals surface area contributed by atoms with Crippen molar-refractivity contribution >= 4 is 23.4 Å². The molecule has 1 heterocycles. The highest BCUT2D eigenvalue weighted by molar-refractivity contribution is 7.99. The molecule has 108 valence electrons. The molecule has 0 saturated carbocycles. The Hall–Kier alpha value is -1.04. The molecule has 3 nitrogen and oxygen atoms in total. The second kappa shape index (κ2) is 6.61. The van der Waals surface area contributed by atoms with Crippen molar-refractivity contribution in [1.29, 1.82) is 0 Å². The summed E-state index contributed by atoms with van der Waals surface area (Å²) in [4.78, 5) is 0.884. The maximum Gasteiger partial charge on any atom is 0.130 e. The quantitative estimate of drug-likeness (QED) is 0.862. The van der Waals surface area contributed by atoms with E-state index < -0.39 is 0 Å². The van der Waals surface area contributed by atoms with Crippen LogP contribution in [0.3, 0.4) is 0 Å². The standard InChI is InChI=1S/C14H17ClFN3S/c1-9-13(14(15)19(2)18-9)7-11(17)8-20-12-5-3-4-10(16)6-12/h3-6,11H,7-8,17H2,1-2H3. The highest BCUT2D eigenvalue weighted by atomic mass is 35.5. The first-order chi connectivity index (χ1) is 9.47. The number of hydrogen-bond acceptors (Lipinski definition) is 3. The van der Waals surface area contributed by atoms with Crippen LogP contribution in [0.5, 0.6) is 0 Å². The van der Waals surface area contributed by atoms with Crippen molar-refractivity contribution in [3.8, 4) is 0 Å². The molecule has 1 aromatic heterocycles. The summed E-state index contributed by atoms with van der Waals surface area (Å²) in [5.41, 5.74) is 8.02. The first-order valence-corrected chi connectivity index (χ1v) is 7.65. The Morgan fingerprint density at radius 3 is 2.85 bits per heavy atom. The predicted octanol–water partition coefficient (Wildman–Crippen LogP) is 3.18. The second-order valence-corrected chi connectivity index (χ2v) is 6.16. The zero-order chi connectivity index (χ0) is 14.7. The van der Waals surface area contributed by atoms with Crippen LogP contribution in [0.25, 0.3) is 0 Å². The number of hydrogen-bond donors (Lipinski definition) is 1. The van der Waals surface area contributed by atoms with Gasteiger partial charge in [-0.3, -0.25) is 4.68 Å². The van der Waals surface area contributed by atoms with Crippen molar-refractivity contribution in [2.24, 2.45) is 12.8 Å². The highest BCUT2D eigenvalue weighted by Crippen LogP contribution is 2.23. The summed E-state index contributed by atoms with van der Waals surface area (Å²) in [6.07, 6.45) is 0.667. The van der Waals surface area contributed by atoms with Gasteiger partial charge in [0, 0.05) is 29.3 Å². The smallest absolute Gasteiger partial charge is 0.130 e. The number of nitrogens with zero attached hydrogens (tertiary/aromatic N) is 2. The summed E-state index contributed by atoms with van der Waals surface area (Å²) in [5.74, 6) is 0.475. The molecule has 1 aromatic carbocycles. The van der Waals surface area contributed by atoms with Crippen molar-refractivity contribution in [3.63, 3.8) is 0 Å². The Balaban J connectivity index is 1.94. The van der Waals surface area contributed by atoms with E-state index in [2.05, 4.69) is 5.10 Å². The Morgan fingerprint density at radius 2 is 2.25 bits per heavy atom. The maximum absolute atomic E-state index is 13.1. The van der Waals surface area contributed by atoms with Gasteiger partial charge in [0.15, 0.2) is 0 Å². The number of halogens is 2. The van der Waals surface area contributed by atoms with Gasteiger partial charge in [-0.05, 0) is 31.5 Å². The topological polar surface area (TPSA) is 43.8 Å². The lowest BCUT2D eigenvalue weighted by Gasteiger charge is -2.11. The van der Waals surface area contributed by atoms with E-state index in [0.717, 1.165) is 16.2 Å². The van der Waals surface area contributed by atoms with Crippen molar-refractivity contribution < 1.29 is 4.39 Å². The molecule has 1 atom stereocenters. The first-order valence-electron chi connectivity index (χ1n) is 6.29. The SMILES string of the molecule is Cc1nn(C)c(Cl)c1CC(N)CSc1cccc(F)c1. The van der Waals surface area contributed by atoms with E-state index in [4.69, 9.17) is 17.3 Å². The molecule has 0 fully saturated rings. The lowest BCUT2D eigenvalue weighted by Crippen LogP contribution is -2.25. The molecule has 2 N–H and O–H groups in total. The molecule has 20 heavy (non-hydrogen) atoms. The van der Waals surface area contributed by atoms with E-state index in [0.29, 0.717) is 17.3 Å². The van der Waals surface area contributed by atoms with Gasteiger partial charge in [-0.15, -0.1) is 11.8 Å². The number of thioether (sulfide) groups is 1. The van der Waals surface area contributed by atoms with Crippen molar-refractivity contribution in [2.75, 3.05) is 5.75 Å². The average Bonchev–Trinajstić information content (AvgIpc) is 2.63. The molecule has 0 amide bonds. The normalized spacial score (nSPS) is 12.7. The molecule has 2 rings (SSSR count). The average molecular weight is 314 g/mol. The van der Waals surface area contributed by atoms with Crippen LogP contribution in [0.2, 0.25) is 5.15 Å². The van der Waals surface area contributed by atoms with Crippen LogP contribution in [-0.2, 0) is 13.5 Å². The van der Waals surface area contributed by atoms with Gasteiger partial charge in [0.05, 0.1) is 5.69 Å². The van der Waals surface area contributed by atoms with E-state index in [1.807, 2.05) is 20.0 Å². The van der Waals surface area contributed by atoms with Crippen LogP contribution in [-0.4, -0.2) is 21.6 Å². The number of aromatic nitrogens is 2. The molecule has 0 aliphatic rings. The van der Waals surface area contributed by atoms with Crippen molar-refractivity contribution in [1.82, 2.24) is 9.78 Å². The van der Waals surface area contributed by atoms with Gasteiger partial charge in [0.25, 0.3) is 0 Å². The molecule has 1 unspecified atom stereocenters. The molecule has 0 radical (unpaired) electrons. The molecule has 0 spiro atoms. The number of nitrogens with two attached hydrogens (primary N) is 1. The molecule has 0 bridgehead atoms. The Labute approximate surface area is 127 Å². The van der Waals surface area contributed by atoms with E-state index >= 15 is 0 Å². The first kappa shape index (κ1) is 15.4. The third kappa shape index (κ3) is 3.75. The van der Waals surface area contributed by atoms with Gasteiger partial charge in [-0.1, -0.05) is 17.7 Å². The number of rotatable bonds is 5. The van der Waals surface area contributed by atoms with Gasteiger partial charge in [-0.2, -0.15) is 5.10 Å². The second-order valence-electron chi connectivity index (χ2n) is 4.71. The van der Waals surface area contributed by atoms with Crippen LogP contribution in [0, 0.1) is 12.7 Å². The fourth-order valence-corrected chi connectivity index (χ4v) is 3.13. The fourth-order valence-electron chi connectivity index (χ4n) is 1.99. The van der Waals surface area contributed by atoms with Gasteiger partial charge < -0.3 is 5.73 Å². The Morgan fingerprint density at radius 1 is 1.50 bits per heavy atom. The minimum atomic E-state index is -0.227. The molecule has 0 saturated heterocycles. The van der Waals surface area contributed by atoms with Crippen LogP contribution >= 0.6 is 23.4 Å². The minimum Gasteiger partial charge on any atom is -0.327 e. The molecule has 0 aliphatic heterocycles. The number of benzene rings is 1. The van der Waals surface area contributed by atoms with Crippen molar-refractivity contribution in [2.45, 2.75) is 24.3 Å². The summed E-state index contributed by atoms with van der Waals surface area (Å²) in [6, 6.07) is 6.47.